The van der Waals surface area contributed by atoms with Gasteiger partial charge in [0, 0.05) is 24.2 Å². The minimum atomic E-state index is 0.0112. The van der Waals surface area contributed by atoms with Gasteiger partial charge in [-0.25, -0.2) is 0 Å². The van der Waals surface area contributed by atoms with E-state index < -0.39 is 0 Å². The Morgan fingerprint density at radius 3 is 3.00 bits per heavy atom. The molecule has 1 aromatic heterocycles. The van der Waals surface area contributed by atoms with Crippen molar-refractivity contribution in [1.82, 2.24) is 15.1 Å². The van der Waals surface area contributed by atoms with Gasteiger partial charge in [0.1, 0.15) is 0 Å². The van der Waals surface area contributed by atoms with Crippen LogP contribution in [-0.2, 0) is 11.2 Å². The molecule has 1 saturated heterocycles. The summed E-state index contributed by atoms with van der Waals surface area (Å²) in [5.41, 5.74) is 0.897. The van der Waals surface area contributed by atoms with Crippen molar-refractivity contribution >= 4 is 17.5 Å². The number of hydrogen-bond donors (Lipinski definition) is 1. The molecule has 0 saturated carbocycles. The van der Waals surface area contributed by atoms with Crippen molar-refractivity contribution in [2.45, 2.75) is 45.2 Å². The standard InChI is InChI=1S/C14H23N3OS/c1-3-12(4-2)17-7-5-11(16-17)9-14(18)13-10-19-8-6-15-13/h5,7,12-13,15H,3-4,6,8-10H2,1-2H3. The molecule has 0 aromatic carbocycles. The van der Waals surface area contributed by atoms with Crippen molar-refractivity contribution in [3.05, 3.63) is 18.0 Å². The molecule has 1 unspecified atom stereocenters. The number of rotatable bonds is 6. The summed E-state index contributed by atoms with van der Waals surface area (Å²) in [5.74, 6) is 2.26. The van der Waals surface area contributed by atoms with Gasteiger partial charge in [-0.15, -0.1) is 0 Å². The van der Waals surface area contributed by atoms with Crippen LogP contribution in [0.25, 0.3) is 0 Å². The molecule has 0 radical (unpaired) electrons. The fourth-order valence-corrected chi connectivity index (χ4v) is 3.38. The highest BCUT2D eigenvalue weighted by atomic mass is 32.2. The molecule has 4 nitrogen and oxygen atoms in total. The topological polar surface area (TPSA) is 46.9 Å². The maximum Gasteiger partial charge on any atom is 0.156 e. The van der Waals surface area contributed by atoms with Crippen LogP contribution < -0.4 is 5.32 Å². The molecule has 1 fully saturated rings. The van der Waals surface area contributed by atoms with E-state index in [4.69, 9.17) is 0 Å². The molecule has 0 aliphatic carbocycles. The quantitative estimate of drug-likeness (QED) is 0.867. The van der Waals surface area contributed by atoms with Crippen LogP contribution >= 0.6 is 11.8 Å². The Labute approximate surface area is 119 Å². The third kappa shape index (κ3) is 3.83. The lowest BCUT2D eigenvalue weighted by Gasteiger charge is -2.21. The number of aromatic nitrogens is 2. The van der Waals surface area contributed by atoms with E-state index in [-0.39, 0.29) is 11.8 Å². The predicted octanol–water partition coefficient (Wildman–Crippen LogP) is 2.06. The highest BCUT2D eigenvalue weighted by Crippen LogP contribution is 2.15. The van der Waals surface area contributed by atoms with E-state index >= 15 is 0 Å². The molecule has 0 amide bonds. The molecule has 2 heterocycles. The van der Waals surface area contributed by atoms with Gasteiger partial charge in [0.2, 0.25) is 0 Å². The molecule has 1 aliphatic rings. The Balaban J connectivity index is 1.93. The van der Waals surface area contributed by atoms with E-state index in [9.17, 15) is 4.79 Å². The second-order valence-corrected chi connectivity index (χ2v) is 6.13. The van der Waals surface area contributed by atoms with E-state index in [0.717, 1.165) is 36.6 Å². The Bertz CT molecular complexity index is 409. The summed E-state index contributed by atoms with van der Waals surface area (Å²) in [5, 5.41) is 7.83. The monoisotopic (exact) mass is 281 g/mol. The van der Waals surface area contributed by atoms with E-state index in [1.807, 2.05) is 28.7 Å². The van der Waals surface area contributed by atoms with Crippen LogP contribution in [0.4, 0.5) is 0 Å². The van der Waals surface area contributed by atoms with Crippen molar-refractivity contribution in [2.24, 2.45) is 0 Å². The van der Waals surface area contributed by atoms with Crippen LogP contribution in [0.1, 0.15) is 38.4 Å². The van der Waals surface area contributed by atoms with E-state index in [1.165, 1.54) is 0 Å². The van der Waals surface area contributed by atoms with Gasteiger partial charge < -0.3 is 5.32 Å². The third-order valence-electron chi connectivity index (χ3n) is 3.65. The van der Waals surface area contributed by atoms with Crippen molar-refractivity contribution in [3.63, 3.8) is 0 Å². The minimum absolute atomic E-state index is 0.0112. The molecule has 2 rings (SSSR count). The number of ketones is 1. The van der Waals surface area contributed by atoms with Gasteiger partial charge in [-0.3, -0.25) is 9.48 Å². The number of carbonyl (C=O) groups excluding carboxylic acids is 1. The van der Waals surface area contributed by atoms with Crippen LogP contribution in [-0.4, -0.2) is 39.7 Å². The predicted molar refractivity (Wildman–Crippen MR) is 79.7 cm³/mol. The summed E-state index contributed by atoms with van der Waals surface area (Å²) in [6.45, 7) is 5.27. The highest BCUT2D eigenvalue weighted by molar-refractivity contribution is 7.99. The van der Waals surface area contributed by atoms with Gasteiger partial charge >= 0.3 is 0 Å². The summed E-state index contributed by atoms with van der Waals surface area (Å²) < 4.78 is 2.01. The molecule has 0 spiro atoms. The summed E-state index contributed by atoms with van der Waals surface area (Å²) in [7, 11) is 0. The molecular weight excluding hydrogens is 258 g/mol. The number of nitrogens with one attached hydrogen (secondary N) is 1. The van der Waals surface area contributed by atoms with Gasteiger partial charge in [-0.1, -0.05) is 13.8 Å². The SMILES string of the molecule is CCC(CC)n1ccc(CC(=O)C2CSCCN2)n1. The highest BCUT2D eigenvalue weighted by Gasteiger charge is 2.21. The van der Waals surface area contributed by atoms with Crippen LogP contribution in [0.2, 0.25) is 0 Å². The molecule has 1 aliphatic heterocycles. The molecule has 0 bridgehead atoms. The lowest BCUT2D eigenvalue weighted by Crippen LogP contribution is -2.44. The van der Waals surface area contributed by atoms with E-state index in [2.05, 4.69) is 24.3 Å². The molecule has 1 N–H and O–H groups in total. The zero-order valence-corrected chi connectivity index (χ0v) is 12.6. The number of hydrogen-bond acceptors (Lipinski definition) is 4. The normalized spacial score (nSPS) is 19.8. The van der Waals surface area contributed by atoms with Crippen LogP contribution in [0.3, 0.4) is 0 Å². The van der Waals surface area contributed by atoms with Crippen molar-refractivity contribution < 1.29 is 4.79 Å². The molecule has 106 valence electrons. The number of thioether (sulfide) groups is 1. The Hall–Kier alpha value is -0.810. The van der Waals surface area contributed by atoms with Crippen LogP contribution in [0, 0.1) is 0 Å². The first-order chi connectivity index (χ1) is 9.24. The zero-order chi connectivity index (χ0) is 13.7. The van der Waals surface area contributed by atoms with Crippen molar-refractivity contribution in [2.75, 3.05) is 18.1 Å². The smallest absolute Gasteiger partial charge is 0.156 e. The van der Waals surface area contributed by atoms with Gasteiger partial charge in [0.25, 0.3) is 0 Å². The van der Waals surface area contributed by atoms with Crippen LogP contribution in [0.15, 0.2) is 12.3 Å². The number of Topliss-reactive ketones (excluding diaryl/α,β-unsaturated/α-hetero) is 1. The first-order valence-electron chi connectivity index (χ1n) is 7.12. The lowest BCUT2D eigenvalue weighted by molar-refractivity contribution is -0.120. The number of nitrogens with zero attached hydrogens (tertiary/aromatic N) is 2. The maximum absolute atomic E-state index is 12.2. The Morgan fingerprint density at radius 1 is 1.58 bits per heavy atom. The van der Waals surface area contributed by atoms with Crippen molar-refractivity contribution in [3.8, 4) is 0 Å². The average Bonchev–Trinajstić information content (AvgIpc) is 2.89. The van der Waals surface area contributed by atoms with E-state index in [1.54, 1.807) is 0 Å². The van der Waals surface area contributed by atoms with Crippen LogP contribution in [0.5, 0.6) is 0 Å². The van der Waals surface area contributed by atoms with Gasteiger partial charge in [-0.05, 0) is 18.9 Å². The molecular formula is C14H23N3OS. The summed E-state index contributed by atoms with van der Waals surface area (Å²) in [6, 6.07) is 2.44. The van der Waals surface area contributed by atoms with Gasteiger partial charge in [-0.2, -0.15) is 16.9 Å². The molecule has 1 atom stereocenters. The summed E-state index contributed by atoms with van der Waals surface area (Å²) in [6.07, 6.45) is 4.60. The van der Waals surface area contributed by atoms with Gasteiger partial charge in [0.05, 0.1) is 24.2 Å². The first kappa shape index (κ1) is 14.6. The second-order valence-electron chi connectivity index (χ2n) is 4.98. The zero-order valence-electron chi connectivity index (χ0n) is 11.8. The summed E-state index contributed by atoms with van der Waals surface area (Å²) in [4.78, 5) is 12.2. The van der Waals surface area contributed by atoms with Gasteiger partial charge in [0.15, 0.2) is 5.78 Å². The molecule has 19 heavy (non-hydrogen) atoms. The largest absolute Gasteiger partial charge is 0.306 e. The second kappa shape index (κ2) is 7.10. The Morgan fingerprint density at radius 2 is 2.37 bits per heavy atom. The van der Waals surface area contributed by atoms with E-state index in [0.29, 0.717) is 12.5 Å². The maximum atomic E-state index is 12.2. The first-order valence-corrected chi connectivity index (χ1v) is 8.28. The Kier molecular flexibility index (Phi) is 5.45. The van der Waals surface area contributed by atoms with Crippen molar-refractivity contribution in [1.29, 1.82) is 0 Å². The minimum Gasteiger partial charge on any atom is -0.306 e. The molecule has 5 heteroatoms. The third-order valence-corrected chi connectivity index (χ3v) is 4.71. The average molecular weight is 281 g/mol. The molecule has 1 aromatic rings. The number of carbonyl (C=O) groups is 1. The fourth-order valence-electron chi connectivity index (χ4n) is 2.41. The summed E-state index contributed by atoms with van der Waals surface area (Å²) >= 11 is 1.85. The fraction of sp³-hybridized carbons (Fsp3) is 0.714. The lowest BCUT2D eigenvalue weighted by atomic mass is 10.1.